The number of hydrogen-bond donors (Lipinski definition) is 0. The van der Waals surface area contributed by atoms with Gasteiger partial charge in [-0.05, 0) is 45.0 Å². The topological polar surface area (TPSA) is 56.8 Å². The number of likely N-dealkylation sites (tertiary alicyclic amines) is 2. The molecule has 0 radical (unpaired) electrons. The first-order valence-electron chi connectivity index (χ1n) is 9.07. The van der Waals surface area contributed by atoms with E-state index in [2.05, 4.69) is 4.98 Å². The average molecular weight is 344 g/mol. The summed E-state index contributed by atoms with van der Waals surface area (Å²) < 4.78 is 0. The number of piperidine rings is 1. The first-order chi connectivity index (χ1) is 12.0. The molecule has 0 bridgehead atoms. The molecule has 2 aliphatic heterocycles. The summed E-state index contributed by atoms with van der Waals surface area (Å²) in [4.78, 5) is 34.4. The molecule has 3 rings (SSSR count). The molecule has 25 heavy (non-hydrogen) atoms. The molecule has 3 heterocycles. The Bertz CT molecular complexity index is 601. The summed E-state index contributed by atoms with van der Waals surface area (Å²) in [5, 5.41) is 0. The molecule has 136 valence electrons. The largest absolute Gasteiger partial charge is 0.342 e. The van der Waals surface area contributed by atoms with Gasteiger partial charge in [-0.15, -0.1) is 0 Å². The van der Waals surface area contributed by atoms with Crippen LogP contribution in [0.5, 0.6) is 0 Å². The Morgan fingerprint density at radius 3 is 2.48 bits per heavy atom. The van der Waals surface area contributed by atoms with Crippen LogP contribution < -0.4 is 0 Å². The van der Waals surface area contributed by atoms with Crippen molar-refractivity contribution in [1.82, 2.24) is 19.7 Å². The predicted molar refractivity (Wildman–Crippen MR) is 95.9 cm³/mol. The Labute approximate surface area is 149 Å². The number of likely N-dealkylation sites (N-methyl/N-ethyl adjacent to an activating group) is 1. The van der Waals surface area contributed by atoms with Crippen molar-refractivity contribution in [3.05, 3.63) is 30.1 Å². The lowest BCUT2D eigenvalue weighted by Gasteiger charge is -2.54. The molecule has 1 aromatic heterocycles. The minimum absolute atomic E-state index is 0.212. The molecular weight excluding hydrogens is 316 g/mol. The summed E-state index contributed by atoms with van der Waals surface area (Å²) in [6.07, 6.45) is 6.90. The van der Waals surface area contributed by atoms with E-state index in [9.17, 15) is 9.59 Å². The molecule has 0 saturated carbocycles. The van der Waals surface area contributed by atoms with Crippen LogP contribution in [-0.4, -0.2) is 78.3 Å². The van der Waals surface area contributed by atoms with Gasteiger partial charge in [0.05, 0.1) is 6.54 Å². The number of aromatic nitrogens is 1. The van der Waals surface area contributed by atoms with E-state index >= 15 is 0 Å². The highest BCUT2D eigenvalue weighted by Gasteiger charge is 2.46. The third-order valence-corrected chi connectivity index (χ3v) is 5.38. The van der Waals surface area contributed by atoms with Crippen LogP contribution in [0.25, 0.3) is 0 Å². The number of hydrogen-bond acceptors (Lipinski definition) is 4. The lowest BCUT2D eigenvalue weighted by Crippen LogP contribution is -2.62. The fourth-order valence-electron chi connectivity index (χ4n) is 3.81. The van der Waals surface area contributed by atoms with Gasteiger partial charge in [0.2, 0.25) is 11.8 Å². The fraction of sp³-hybridized carbons (Fsp3) is 0.632. The van der Waals surface area contributed by atoms with Crippen LogP contribution in [0.1, 0.15) is 24.8 Å². The smallest absolute Gasteiger partial charge is 0.236 e. The van der Waals surface area contributed by atoms with E-state index in [4.69, 9.17) is 0 Å². The highest BCUT2D eigenvalue weighted by molar-refractivity contribution is 5.79. The Morgan fingerprint density at radius 2 is 1.88 bits per heavy atom. The van der Waals surface area contributed by atoms with Gasteiger partial charge in [-0.2, -0.15) is 0 Å². The third kappa shape index (κ3) is 4.37. The highest BCUT2D eigenvalue weighted by Crippen LogP contribution is 2.40. The van der Waals surface area contributed by atoms with Crippen LogP contribution in [0.4, 0.5) is 0 Å². The molecule has 2 amide bonds. The van der Waals surface area contributed by atoms with Crippen LogP contribution >= 0.6 is 0 Å². The SMILES string of the molecule is CN(C)CC(=O)N1CCC2(CC1)CN(C(=O)CCc1cccnc1)C2. The summed E-state index contributed by atoms with van der Waals surface area (Å²) in [7, 11) is 3.84. The van der Waals surface area contributed by atoms with Crippen LogP contribution in [0.2, 0.25) is 0 Å². The summed E-state index contributed by atoms with van der Waals surface area (Å²) in [6.45, 7) is 3.84. The van der Waals surface area contributed by atoms with Crippen molar-refractivity contribution >= 4 is 11.8 Å². The Morgan fingerprint density at radius 1 is 1.16 bits per heavy atom. The zero-order chi connectivity index (χ0) is 17.9. The molecule has 2 fully saturated rings. The van der Waals surface area contributed by atoms with Crippen LogP contribution in [0, 0.1) is 5.41 Å². The number of amides is 2. The third-order valence-electron chi connectivity index (χ3n) is 5.38. The number of carbonyl (C=O) groups excluding carboxylic acids is 2. The Hall–Kier alpha value is -1.95. The summed E-state index contributed by atoms with van der Waals surface area (Å²) in [6, 6.07) is 3.92. The summed E-state index contributed by atoms with van der Waals surface area (Å²) in [5.41, 5.74) is 1.36. The van der Waals surface area contributed by atoms with Crippen molar-refractivity contribution in [3.8, 4) is 0 Å². The zero-order valence-electron chi connectivity index (χ0n) is 15.3. The maximum absolute atomic E-state index is 12.4. The van der Waals surface area contributed by atoms with Crippen molar-refractivity contribution in [2.75, 3.05) is 46.8 Å². The quantitative estimate of drug-likeness (QED) is 0.800. The van der Waals surface area contributed by atoms with Gasteiger partial charge in [-0.3, -0.25) is 14.6 Å². The second-order valence-corrected chi connectivity index (χ2v) is 7.73. The van der Waals surface area contributed by atoms with Crippen molar-refractivity contribution in [3.63, 3.8) is 0 Å². The lowest BCUT2D eigenvalue weighted by atomic mass is 9.72. The normalized spacial score (nSPS) is 19.2. The van der Waals surface area contributed by atoms with Crippen LogP contribution in [0.3, 0.4) is 0 Å². The molecule has 0 aliphatic carbocycles. The fourth-order valence-corrected chi connectivity index (χ4v) is 3.81. The van der Waals surface area contributed by atoms with Gasteiger partial charge >= 0.3 is 0 Å². The Kier molecular flexibility index (Phi) is 5.37. The van der Waals surface area contributed by atoms with Crippen LogP contribution in [-0.2, 0) is 16.0 Å². The van der Waals surface area contributed by atoms with E-state index < -0.39 is 0 Å². The number of rotatable bonds is 5. The minimum atomic E-state index is 0.212. The minimum Gasteiger partial charge on any atom is -0.342 e. The van der Waals surface area contributed by atoms with Gasteiger partial charge in [0.1, 0.15) is 0 Å². The predicted octanol–water partition coefficient (Wildman–Crippen LogP) is 1.03. The second-order valence-electron chi connectivity index (χ2n) is 7.73. The maximum atomic E-state index is 12.4. The van der Waals surface area contributed by atoms with E-state index in [0.29, 0.717) is 13.0 Å². The molecular formula is C19H28N4O2. The molecule has 0 N–H and O–H groups in total. The number of nitrogens with zero attached hydrogens (tertiary/aromatic N) is 4. The van der Waals surface area contributed by atoms with Crippen molar-refractivity contribution in [2.24, 2.45) is 5.41 Å². The first kappa shape index (κ1) is 17.9. The van der Waals surface area contributed by atoms with E-state index in [0.717, 1.165) is 51.0 Å². The standard InChI is InChI=1S/C19H28N4O2/c1-21(2)13-18(25)22-10-7-19(8-11-22)14-23(15-19)17(24)6-5-16-4-3-9-20-12-16/h3-4,9,12H,5-8,10-11,13-15H2,1-2H3. The van der Waals surface area contributed by atoms with E-state index in [1.165, 1.54) is 0 Å². The molecule has 1 aromatic rings. The summed E-state index contributed by atoms with van der Waals surface area (Å²) in [5.74, 6) is 0.448. The maximum Gasteiger partial charge on any atom is 0.236 e. The van der Waals surface area contributed by atoms with E-state index in [1.54, 1.807) is 6.20 Å². The van der Waals surface area contributed by atoms with Crippen molar-refractivity contribution < 1.29 is 9.59 Å². The van der Waals surface area contributed by atoms with Crippen molar-refractivity contribution in [2.45, 2.75) is 25.7 Å². The molecule has 1 spiro atoms. The second kappa shape index (κ2) is 7.52. The molecule has 2 saturated heterocycles. The first-order valence-corrected chi connectivity index (χ1v) is 9.07. The molecule has 0 atom stereocenters. The van der Waals surface area contributed by atoms with Gasteiger partial charge in [-0.1, -0.05) is 6.07 Å². The highest BCUT2D eigenvalue weighted by atomic mass is 16.2. The van der Waals surface area contributed by atoms with Crippen molar-refractivity contribution in [1.29, 1.82) is 0 Å². The molecule has 2 aliphatic rings. The van der Waals surface area contributed by atoms with Gasteiger partial charge < -0.3 is 14.7 Å². The Balaban J connectivity index is 1.40. The molecule has 0 aromatic carbocycles. The van der Waals surface area contributed by atoms with Gasteiger partial charge in [0.15, 0.2) is 0 Å². The molecule has 0 unspecified atom stereocenters. The number of carbonyl (C=O) groups is 2. The van der Waals surface area contributed by atoms with E-state index in [-0.39, 0.29) is 17.2 Å². The van der Waals surface area contributed by atoms with Gasteiger partial charge in [-0.25, -0.2) is 0 Å². The lowest BCUT2D eigenvalue weighted by molar-refractivity contribution is -0.150. The summed E-state index contributed by atoms with van der Waals surface area (Å²) >= 11 is 0. The average Bonchev–Trinajstić information content (AvgIpc) is 2.58. The molecule has 6 heteroatoms. The van der Waals surface area contributed by atoms with E-state index in [1.807, 2.05) is 47.1 Å². The number of pyridine rings is 1. The van der Waals surface area contributed by atoms with Gasteiger partial charge in [0, 0.05) is 50.4 Å². The number of aryl methyl sites for hydroxylation is 1. The monoisotopic (exact) mass is 344 g/mol. The van der Waals surface area contributed by atoms with Crippen LogP contribution in [0.15, 0.2) is 24.5 Å². The zero-order valence-corrected chi connectivity index (χ0v) is 15.3. The molecule has 6 nitrogen and oxygen atoms in total. The van der Waals surface area contributed by atoms with Gasteiger partial charge in [0.25, 0.3) is 0 Å².